The predicted octanol–water partition coefficient (Wildman–Crippen LogP) is 5.59. The number of aryl methyl sites for hydroxylation is 2. The van der Waals surface area contributed by atoms with Crippen LogP contribution in [0.3, 0.4) is 0 Å². The summed E-state index contributed by atoms with van der Waals surface area (Å²) in [6.45, 7) is 4.80. The molecule has 4 saturated carbocycles. The number of nitrogens with zero attached hydrogens (tertiary/aromatic N) is 2. The van der Waals surface area contributed by atoms with Crippen LogP contribution in [0.2, 0.25) is 0 Å². The Labute approximate surface area is 269 Å². The van der Waals surface area contributed by atoms with E-state index in [0.717, 1.165) is 44.2 Å². The van der Waals surface area contributed by atoms with Crippen molar-refractivity contribution in [1.29, 1.82) is 0 Å². The number of para-hydroxylation sites is 1. The van der Waals surface area contributed by atoms with Crippen LogP contribution in [-0.2, 0) is 23.6 Å². The second kappa shape index (κ2) is 11.8. The summed E-state index contributed by atoms with van der Waals surface area (Å²) in [7, 11) is 3.62. The molecule has 45 heavy (non-hydrogen) atoms. The van der Waals surface area contributed by atoms with Crippen molar-refractivity contribution in [1.82, 2.24) is 4.57 Å². The maximum absolute atomic E-state index is 13.4. The number of nitrogens with one attached hydrogen (secondary N) is 1. The van der Waals surface area contributed by atoms with Crippen molar-refractivity contribution in [3.63, 3.8) is 0 Å². The predicted molar refractivity (Wildman–Crippen MR) is 180 cm³/mol. The third kappa shape index (κ3) is 5.44. The molecule has 8 atom stereocenters. The second-order valence-corrected chi connectivity index (χ2v) is 15.6. The van der Waals surface area contributed by atoms with E-state index in [1.807, 2.05) is 18.2 Å². The number of hydrogen-bond acceptors (Lipinski definition) is 4. The van der Waals surface area contributed by atoms with Crippen LogP contribution in [0.1, 0.15) is 93.5 Å². The zero-order chi connectivity index (χ0) is 31.3. The Bertz CT molecular complexity index is 1530. The highest BCUT2D eigenvalue weighted by atomic mass is 16.5. The SMILES string of the molecule is Cn1cc[n+](C)c1[BH2-]C(Nc1ccccc1)c1ccc(C(=O)O[C@@H]2CC[C@]3(C)[C@H](CC[C@H]4[C@H]3CC[C@@]3(C)C(=O)CC[C@H]43)C2)cc1. The summed E-state index contributed by atoms with van der Waals surface area (Å²) in [4.78, 5) is 26.2. The van der Waals surface area contributed by atoms with Gasteiger partial charge in [0.05, 0.1) is 25.4 Å². The number of imidazole rings is 1. The first kappa shape index (κ1) is 30.3. The lowest BCUT2D eigenvalue weighted by atomic mass is 9.45. The quantitative estimate of drug-likeness (QED) is 0.216. The summed E-state index contributed by atoms with van der Waals surface area (Å²) in [6, 6.07) is 18.5. The molecule has 1 N–H and O–H groups in total. The molecule has 1 unspecified atom stereocenters. The fraction of sp³-hybridized carbons (Fsp3) is 0.553. The first-order valence-corrected chi connectivity index (χ1v) is 17.6. The molecular weight excluding hydrogens is 557 g/mol. The molecule has 7 heteroatoms. The third-order valence-corrected chi connectivity index (χ3v) is 13.5. The maximum Gasteiger partial charge on any atom is 0.338 e. The maximum atomic E-state index is 13.4. The molecule has 0 aliphatic heterocycles. The summed E-state index contributed by atoms with van der Waals surface area (Å²) in [5.41, 5.74) is 4.50. The second-order valence-electron chi connectivity index (χ2n) is 15.6. The fourth-order valence-corrected chi connectivity index (χ4v) is 10.7. The first-order chi connectivity index (χ1) is 21.7. The van der Waals surface area contributed by atoms with Gasteiger partial charge in [0.25, 0.3) is 0 Å². The number of Topliss-reactive ketones (excluding diaryl/α,β-unsaturated/α-hetero) is 1. The van der Waals surface area contributed by atoms with E-state index in [0.29, 0.717) is 40.4 Å². The van der Waals surface area contributed by atoms with Gasteiger partial charge in [0, 0.05) is 17.5 Å². The van der Waals surface area contributed by atoms with Gasteiger partial charge >= 0.3 is 5.97 Å². The van der Waals surface area contributed by atoms with E-state index in [-0.39, 0.29) is 23.4 Å². The van der Waals surface area contributed by atoms with Gasteiger partial charge in [-0.15, -0.1) is 0 Å². The zero-order valence-corrected chi connectivity index (χ0v) is 27.8. The van der Waals surface area contributed by atoms with Crippen molar-refractivity contribution in [3.05, 3.63) is 78.1 Å². The van der Waals surface area contributed by atoms with Gasteiger partial charge in [0.1, 0.15) is 31.6 Å². The smallest absolute Gasteiger partial charge is 0.338 e. The lowest BCUT2D eigenvalue weighted by Gasteiger charge is -2.60. The number of anilines is 1. The molecule has 4 fully saturated rings. The summed E-state index contributed by atoms with van der Waals surface area (Å²) in [6.07, 6.45) is 13.9. The molecule has 6 nitrogen and oxygen atoms in total. The topological polar surface area (TPSA) is 64.2 Å². The van der Waals surface area contributed by atoms with Gasteiger partial charge in [0.15, 0.2) is 0 Å². The van der Waals surface area contributed by atoms with Crippen molar-refractivity contribution in [2.24, 2.45) is 48.6 Å². The van der Waals surface area contributed by atoms with Crippen LogP contribution >= 0.6 is 0 Å². The Balaban J connectivity index is 1.01. The van der Waals surface area contributed by atoms with Gasteiger partial charge in [-0.2, -0.15) is 0 Å². The van der Waals surface area contributed by atoms with Gasteiger partial charge in [-0.1, -0.05) is 55.7 Å². The Hall–Kier alpha value is -3.35. The van der Waals surface area contributed by atoms with Crippen LogP contribution in [0.5, 0.6) is 0 Å². The van der Waals surface area contributed by atoms with Crippen LogP contribution in [0, 0.1) is 34.5 Å². The molecule has 4 aliphatic rings. The van der Waals surface area contributed by atoms with E-state index in [2.05, 4.69) is 91.2 Å². The van der Waals surface area contributed by atoms with Gasteiger partial charge in [-0.05, 0) is 105 Å². The third-order valence-electron chi connectivity index (χ3n) is 13.5. The minimum absolute atomic E-state index is 0.00906. The number of hydrogen-bond donors (Lipinski definition) is 1. The summed E-state index contributed by atoms with van der Waals surface area (Å²) < 4.78 is 10.7. The Kier molecular flexibility index (Phi) is 7.94. The molecule has 0 saturated heterocycles. The Morgan fingerprint density at radius 2 is 1.78 bits per heavy atom. The standard InChI is InChI=1S/C38H50BN3O3/c1-37-20-18-29(24-27(37)14-15-30-31-16-17-33(43)38(31,2)21-19-32(30)37)45-35(44)26-12-10-25(11-13-26)34(40-28-8-6-5-7-9-28)39-36-41(3)22-23-42(36)4/h5-13,22-23,27,29-32,34,40H,14-21,24,39H2,1-4H3/t27-,29-,30-,31-,32-,34?,37-,38-/m1/s1. The van der Waals surface area contributed by atoms with E-state index >= 15 is 0 Å². The zero-order valence-electron chi connectivity index (χ0n) is 27.8. The molecule has 238 valence electrons. The molecule has 3 aromatic rings. The van der Waals surface area contributed by atoms with E-state index < -0.39 is 7.28 Å². The van der Waals surface area contributed by atoms with Crippen LogP contribution in [0.25, 0.3) is 0 Å². The van der Waals surface area contributed by atoms with Crippen LogP contribution in [-0.4, -0.2) is 29.7 Å². The molecule has 4 aliphatic carbocycles. The molecule has 0 amide bonds. The number of carbonyl (C=O) groups excluding carboxylic acids is 2. The highest BCUT2D eigenvalue weighted by Crippen LogP contribution is 2.65. The average molecular weight is 608 g/mol. The van der Waals surface area contributed by atoms with Gasteiger partial charge < -0.3 is 10.1 Å². The molecule has 1 aromatic heterocycles. The highest BCUT2D eigenvalue weighted by molar-refractivity contribution is 6.52. The largest absolute Gasteiger partial charge is 0.459 e. The molecule has 0 spiro atoms. The number of esters is 1. The van der Waals surface area contributed by atoms with Crippen LogP contribution in [0.4, 0.5) is 5.69 Å². The monoisotopic (exact) mass is 607 g/mol. The normalized spacial score (nSPS) is 33.1. The van der Waals surface area contributed by atoms with Gasteiger partial charge in [-0.25, -0.2) is 4.79 Å². The minimum Gasteiger partial charge on any atom is -0.459 e. The summed E-state index contributed by atoms with van der Waals surface area (Å²) in [5, 5.41) is 3.76. The number of ether oxygens (including phenoxy) is 1. The van der Waals surface area contributed by atoms with Gasteiger partial charge in [-0.3, -0.25) is 13.9 Å². The van der Waals surface area contributed by atoms with Gasteiger partial charge in [0.2, 0.25) is 0 Å². The van der Waals surface area contributed by atoms with E-state index in [4.69, 9.17) is 4.74 Å². The molecule has 0 bridgehead atoms. The van der Waals surface area contributed by atoms with Crippen molar-refractivity contribution in [3.8, 4) is 0 Å². The summed E-state index contributed by atoms with van der Waals surface area (Å²) in [5.74, 6) is 3.09. The number of fused-ring (bicyclic) bond motifs is 5. The highest BCUT2D eigenvalue weighted by Gasteiger charge is 2.60. The van der Waals surface area contributed by atoms with E-state index in [9.17, 15) is 9.59 Å². The molecule has 0 radical (unpaired) electrons. The molecule has 7 rings (SSSR count). The number of rotatable bonds is 7. The van der Waals surface area contributed by atoms with E-state index in [1.165, 1.54) is 30.5 Å². The number of carbonyl (C=O) groups is 2. The molecule has 2 aromatic carbocycles. The van der Waals surface area contributed by atoms with E-state index in [1.54, 1.807) is 0 Å². The average Bonchev–Trinajstić information content (AvgIpc) is 3.53. The lowest BCUT2D eigenvalue weighted by Crippen LogP contribution is -2.54. The Morgan fingerprint density at radius 3 is 2.51 bits per heavy atom. The fourth-order valence-electron chi connectivity index (χ4n) is 10.7. The molecular formula is C38H50BN3O3. The van der Waals surface area contributed by atoms with Crippen molar-refractivity contribution in [2.75, 3.05) is 5.32 Å². The lowest BCUT2D eigenvalue weighted by molar-refractivity contribution is -0.653. The number of benzene rings is 2. The number of ketones is 1. The van der Waals surface area contributed by atoms with Crippen molar-refractivity contribution in [2.45, 2.75) is 83.7 Å². The number of aromatic nitrogens is 2. The summed E-state index contributed by atoms with van der Waals surface area (Å²) >= 11 is 0. The first-order valence-electron chi connectivity index (χ1n) is 17.6. The van der Waals surface area contributed by atoms with Crippen LogP contribution in [0.15, 0.2) is 67.0 Å². The molecule has 1 heterocycles. The Morgan fingerprint density at radius 1 is 1.00 bits per heavy atom. The van der Waals surface area contributed by atoms with Crippen molar-refractivity contribution < 1.29 is 18.9 Å². The minimum atomic E-state index is -0.604. The van der Waals surface area contributed by atoms with Crippen LogP contribution < -0.4 is 15.6 Å². The van der Waals surface area contributed by atoms with Crippen molar-refractivity contribution >= 4 is 30.4 Å².